The number of nitrogens with one attached hydrogen (secondary N) is 1. The van der Waals surface area contributed by atoms with E-state index in [1.165, 1.54) is 34.5 Å². The van der Waals surface area contributed by atoms with Crippen LogP contribution in [0.15, 0.2) is 54.6 Å². The Hall–Kier alpha value is -4.59. The highest BCUT2D eigenvalue weighted by molar-refractivity contribution is 6.05. The number of hydrogen-bond acceptors (Lipinski definition) is 7. The van der Waals surface area contributed by atoms with Crippen LogP contribution < -0.4 is 30.0 Å². The number of phenols is 1. The van der Waals surface area contributed by atoms with Gasteiger partial charge < -0.3 is 35.1 Å². The first-order valence-corrected chi connectivity index (χ1v) is 10.6. The Kier molecular flexibility index (Phi) is 8.24. The maximum atomic E-state index is 12.7. The van der Waals surface area contributed by atoms with Crippen molar-refractivity contribution >= 4 is 35.5 Å². The molecule has 0 aliphatic heterocycles. The van der Waals surface area contributed by atoms with E-state index >= 15 is 0 Å². The molecule has 0 unspecified atom stereocenters. The number of phenolic OH excluding ortho intramolecular Hbond substituents is 1. The molecule has 0 atom stereocenters. The molecule has 0 aliphatic carbocycles. The molecule has 1 amide bonds. The predicted molar refractivity (Wildman–Crippen MR) is 138 cm³/mol. The van der Waals surface area contributed by atoms with Gasteiger partial charge in [0.1, 0.15) is 0 Å². The van der Waals surface area contributed by atoms with Crippen LogP contribution in [0, 0.1) is 0 Å². The molecule has 0 aliphatic rings. The quantitative estimate of drug-likeness (QED) is 0.175. The zero-order valence-corrected chi connectivity index (χ0v) is 20.0. The van der Waals surface area contributed by atoms with Gasteiger partial charge in [-0.15, -0.1) is 0 Å². The molecule has 4 N–H and O–H groups in total. The zero-order valence-electron chi connectivity index (χ0n) is 20.0. The molecule has 0 saturated carbocycles. The van der Waals surface area contributed by atoms with Crippen LogP contribution in [0.4, 0.5) is 11.4 Å². The first-order chi connectivity index (χ1) is 16.9. The number of methoxy groups -OCH3 is 4. The summed E-state index contributed by atoms with van der Waals surface area (Å²) >= 11 is 0. The van der Waals surface area contributed by atoms with Crippen molar-refractivity contribution in [1.29, 1.82) is 0 Å². The monoisotopic (exact) mass is 476 g/mol. The molecule has 0 fully saturated rings. The van der Waals surface area contributed by atoms with E-state index in [2.05, 4.69) is 5.32 Å². The van der Waals surface area contributed by atoms with E-state index in [0.717, 1.165) is 5.56 Å². The van der Waals surface area contributed by atoms with Crippen molar-refractivity contribution in [3.05, 3.63) is 71.3 Å². The lowest BCUT2D eigenvalue weighted by atomic mass is 10.1. The van der Waals surface area contributed by atoms with Crippen LogP contribution in [0.3, 0.4) is 0 Å². The highest BCUT2D eigenvalue weighted by atomic mass is 16.5. The molecular formula is C27H28N2O6. The van der Waals surface area contributed by atoms with E-state index in [9.17, 15) is 9.90 Å². The summed E-state index contributed by atoms with van der Waals surface area (Å²) in [6, 6.07) is 14.1. The summed E-state index contributed by atoms with van der Waals surface area (Å²) in [5.41, 5.74) is 8.69. The number of rotatable bonds is 9. The smallest absolute Gasteiger partial charge is 0.248 e. The molecule has 0 spiro atoms. The summed E-state index contributed by atoms with van der Waals surface area (Å²) in [4.78, 5) is 12.7. The second-order valence-electron chi connectivity index (χ2n) is 7.32. The Morgan fingerprint density at radius 2 is 1.49 bits per heavy atom. The Balaban J connectivity index is 1.94. The molecule has 3 aromatic rings. The van der Waals surface area contributed by atoms with Gasteiger partial charge in [-0.25, -0.2) is 0 Å². The van der Waals surface area contributed by atoms with Gasteiger partial charge in [-0.3, -0.25) is 4.79 Å². The molecule has 8 nitrogen and oxygen atoms in total. The predicted octanol–water partition coefficient (Wildman–Crippen LogP) is 4.83. The minimum absolute atomic E-state index is 0.194. The minimum atomic E-state index is -0.445. The number of nitrogens with two attached hydrogens (primary N) is 1. The first-order valence-electron chi connectivity index (χ1n) is 10.6. The number of amides is 1. The standard InChI is InChI=1S/C27H28N2O6/c1-32-21-13-11-19(10-9-17-15-22(33-2)27(35-4)23(16-17)34-3)25(26(21)31)29-24(30)14-12-18-7-5-6-8-20(18)28/h5-16,31H,28H2,1-4H3,(H,29,30)/b10-9?,14-12+. The molecule has 0 aromatic heterocycles. The highest BCUT2D eigenvalue weighted by Crippen LogP contribution is 2.40. The molecule has 8 heteroatoms. The Bertz CT molecular complexity index is 1240. The van der Waals surface area contributed by atoms with Gasteiger partial charge in [-0.2, -0.15) is 0 Å². The lowest BCUT2D eigenvalue weighted by Crippen LogP contribution is -2.09. The third-order valence-corrected chi connectivity index (χ3v) is 5.19. The number of nitrogen functional groups attached to an aromatic ring is 1. The van der Waals surface area contributed by atoms with Crippen LogP contribution in [0.2, 0.25) is 0 Å². The fraction of sp³-hybridized carbons (Fsp3) is 0.148. The van der Waals surface area contributed by atoms with Gasteiger partial charge in [0.15, 0.2) is 23.0 Å². The van der Waals surface area contributed by atoms with Crippen LogP contribution in [0.5, 0.6) is 28.7 Å². The molecular weight excluding hydrogens is 448 g/mol. The number of carbonyl (C=O) groups is 1. The van der Waals surface area contributed by atoms with Crippen molar-refractivity contribution in [2.24, 2.45) is 0 Å². The van der Waals surface area contributed by atoms with Gasteiger partial charge in [0, 0.05) is 17.3 Å². The minimum Gasteiger partial charge on any atom is -0.503 e. The number of aromatic hydroxyl groups is 1. The van der Waals surface area contributed by atoms with E-state index in [1.54, 1.807) is 54.6 Å². The molecule has 35 heavy (non-hydrogen) atoms. The molecule has 0 bridgehead atoms. The summed E-state index contributed by atoms with van der Waals surface area (Å²) < 4.78 is 21.4. The number of carbonyl (C=O) groups excluding carboxylic acids is 1. The Labute approximate surface area is 204 Å². The van der Waals surface area contributed by atoms with Crippen molar-refractivity contribution in [2.75, 3.05) is 39.5 Å². The molecule has 3 aromatic carbocycles. The van der Waals surface area contributed by atoms with Crippen molar-refractivity contribution in [3.63, 3.8) is 0 Å². The fourth-order valence-corrected chi connectivity index (χ4v) is 3.40. The zero-order chi connectivity index (χ0) is 25.4. The van der Waals surface area contributed by atoms with Gasteiger partial charge in [-0.05, 0) is 47.5 Å². The second-order valence-corrected chi connectivity index (χ2v) is 7.32. The topological polar surface area (TPSA) is 112 Å². The van der Waals surface area contributed by atoms with Gasteiger partial charge >= 0.3 is 0 Å². The van der Waals surface area contributed by atoms with Crippen molar-refractivity contribution in [2.45, 2.75) is 0 Å². The first kappa shape index (κ1) is 25.0. The van der Waals surface area contributed by atoms with Crippen molar-refractivity contribution < 1.29 is 28.8 Å². The second kappa shape index (κ2) is 11.5. The van der Waals surface area contributed by atoms with Crippen LogP contribution >= 0.6 is 0 Å². The van der Waals surface area contributed by atoms with Gasteiger partial charge in [-0.1, -0.05) is 30.4 Å². The summed E-state index contributed by atoms with van der Waals surface area (Å²) in [5.74, 6) is 1.07. The van der Waals surface area contributed by atoms with Crippen molar-refractivity contribution in [1.82, 2.24) is 0 Å². The maximum absolute atomic E-state index is 12.7. The SMILES string of the molecule is COc1ccc(C=Cc2cc(OC)c(OC)c(OC)c2)c(NC(=O)/C=C/c2ccccc2N)c1O. The summed E-state index contributed by atoms with van der Waals surface area (Å²) in [6.45, 7) is 0. The lowest BCUT2D eigenvalue weighted by molar-refractivity contribution is -0.111. The average molecular weight is 477 g/mol. The summed E-state index contributed by atoms with van der Waals surface area (Å²) in [7, 11) is 6.04. The van der Waals surface area contributed by atoms with E-state index in [1.807, 2.05) is 12.1 Å². The molecule has 0 radical (unpaired) electrons. The number of para-hydroxylation sites is 1. The fourth-order valence-electron chi connectivity index (χ4n) is 3.40. The number of benzene rings is 3. The van der Waals surface area contributed by atoms with Crippen LogP contribution in [-0.4, -0.2) is 39.5 Å². The van der Waals surface area contributed by atoms with Gasteiger partial charge in [0.25, 0.3) is 0 Å². The Morgan fingerprint density at radius 3 is 2.09 bits per heavy atom. The maximum Gasteiger partial charge on any atom is 0.248 e. The van der Waals surface area contributed by atoms with E-state index < -0.39 is 5.91 Å². The van der Waals surface area contributed by atoms with Crippen LogP contribution in [-0.2, 0) is 4.79 Å². The van der Waals surface area contributed by atoms with E-state index in [-0.39, 0.29) is 17.2 Å². The summed E-state index contributed by atoms with van der Waals surface area (Å²) in [6.07, 6.45) is 6.49. The van der Waals surface area contributed by atoms with Gasteiger partial charge in [0.2, 0.25) is 11.7 Å². The van der Waals surface area contributed by atoms with Gasteiger partial charge in [0.05, 0.1) is 34.1 Å². The number of ether oxygens (including phenoxy) is 4. The Morgan fingerprint density at radius 1 is 0.829 bits per heavy atom. The van der Waals surface area contributed by atoms with Crippen LogP contribution in [0.1, 0.15) is 16.7 Å². The summed E-state index contributed by atoms with van der Waals surface area (Å²) in [5, 5.41) is 13.4. The van der Waals surface area contributed by atoms with Crippen LogP contribution in [0.25, 0.3) is 18.2 Å². The lowest BCUT2D eigenvalue weighted by Gasteiger charge is -2.14. The number of hydrogen-bond donors (Lipinski definition) is 3. The highest BCUT2D eigenvalue weighted by Gasteiger charge is 2.15. The third-order valence-electron chi connectivity index (χ3n) is 5.19. The van der Waals surface area contributed by atoms with E-state index in [0.29, 0.717) is 34.1 Å². The molecule has 0 saturated heterocycles. The molecule has 3 rings (SSSR count). The normalized spacial score (nSPS) is 11.0. The largest absolute Gasteiger partial charge is 0.503 e. The average Bonchev–Trinajstić information content (AvgIpc) is 2.87. The van der Waals surface area contributed by atoms with Crippen molar-refractivity contribution in [3.8, 4) is 28.7 Å². The number of anilines is 2. The molecule has 0 heterocycles. The van der Waals surface area contributed by atoms with E-state index in [4.69, 9.17) is 24.7 Å². The molecule has 182 valence electrons. The third kappa shape index (κ3) is 5.86.